The van der Waals surface area contributed by atoms with Crippen molar-refractivity contribution in [2.75, 3.05) is 39.5 Å². The molecule has 31 heavy (non-hydrogen) atoms. The van der Waals surface area contributed by atoms with Crippen LogP contribution in [0.5, 0.6) is 17.2 Å². The summed E-state index contributed by atoms with van der Waals surface area (Å²) < 4.78 is 70.3. The third-order valence-electron chi connectivity index (χ3n) is 5.01. The van der Waals surface area contributed by atoms with Gasteiger partial charge in [-0.25, -0.2) is 21.6 Å². The van der Waals surface area contributed by atoms with Crippen LogP contribution in [0, 0.1) is 0 Å². The molecule has 2 aromatic rings. The smallest absolute Gasteiger partial charge is 0.243 e. The minimum atomic E-state index is -3.73. The molecule has 9 nitrogen and oxygen atoms in total. The van der Waals surface area contributed by atoms with Crippen molar-refractivity contribution in [3.8, 4) is 17.2 Å². The molecule has 2 heterocycles. The average molecular weight is 469 g/mol. The molecule has 0 saturated carbocycles. The Morgan fingerprint density at radius 2 is 1.52 bits per heavy atom. The Balaban J connectivity index is 1.30. The zero-order valence-corrected chi connectivity index (χ0v) is 18.5. The Bertz CT molecular complexity index is 1130. The van der Waals surface area contributed by atoms with E-state index in [4.69, 9.17) is 14.2 Å². The third-order valence-corrected chi connectivity index (χ3v) is 8.38. The van der Waals surface area contributed by atoms with Crippen LogP contribution in [0.1, 0.15) is 12.8 Å². The van der Waals surface area contributed by atoms with E-state index in [9.17, 15) is 16.8 Å². The summed E-state index contributed by atoms with van der Waals surface area (Å²) in [6, 6.07) is 10.6. The highest BCUT2D eigenvalue weighted by atomic mass is 32.2. The zero-order valence-electron chi connectivity index (χ0n) is 16.8. The van der Waals surface area contributed by atoms with Crippen LogP contribution >= 0.6 is 0 Å². The predicted octanol–water partition coefficient (Wildman–Crippen LogP) is 1.60. The molecule has 0 aliphatic carbocycles. The summed E-state index contributed by atoms with van der Waals surface area (Å²) in [4.78, 5) is 0.300. The van der Waals surface area contributed by atoms with Crippen LogP contribution in [0.3, 0.4) is 0 Å². The molecule has 0 radical (unpaired) electrons. The summed E-state index contributed by atoms with van der Waals surface area (Å²) in [5.41, 5.74) is 0. The number of fused-ring (bicyclic) bond motifs is 1. The van der Waals surface area contributed by atoms with Crippen LogP contribution < -0.4 is 18.9 Å². The highest BCUT2D eigenvalue weighted by Crippen LogP contribution is 2.32. The Hall–Kier alpha value is -2.34. The van der Waals surface area contributed by atoms with Gasteiger partial charge in [-0.05, 0) is 49.2 Å². The van der Waals surface area contributed by atoms with Crippen molar-refractivity contribution in [3.63, 3.8) is 0 Å². The maximum atomic E-state index is 12.5. The molecule has 1 N–H and O–H groups in total. The van der Waals surface area contributed by atoms with Crippen molar-refractivity contribution in [2.24, 2.45) is 0 Å². The van der Waals surface area contributed by atoms with E-state index >= 15 is 0 Å². The van der Waals surface area contributed by atoms with Crippen LogP contribution in [0.4, 0.5) is 0 Å². The van der Waals surface area contributed by atoms with Gasteiger partial charge in [-0.3, -0.25) is 0 Å². The molecule has 1 fully saturated rings. The number of ether oxygens (including phenoxy) is 3. The van der Waals surface area contributed by atoms with Crippen molar-refractivity contribution in [1.29, 1.82) is 0 Å². The SMILES string of the molecule is O=S(=O)(NCCOc1ccc(S(=O)(=O)N2CCCC2)cc1)c1ccc2c(c1)OCCO2. The van der Waals surface area contributed by atoms with E-state index in [2.05, 4.69) is 4.72 Å². The summed E-state index contributed by atoms with van der Waals surface area (Å²) in [5, 5.41) is 0. The second kappa shape index (κ2) is 9.03. The summed E-state index contributed by atoms with van der Waals surface area (Å²) in [6.45, 7) is 2.02. The van der Waals surface area contributed by atoms with Crippen molar-refractivity contribution in [1.82, 2.24) is 9.03 Å². The minimum absolute atomic E-state index is 0.0462. The van der Waals surface area contributed by atoms with Crippen LogP contribution in [0.2, 0.25) is 0 Å². The summed E-state index contributed by atoms with van der Waals surface area (Å²) in [7, 11) is -7.20. The fourth-order valence-corrected chi connectivity index (χ4v) is 5.95. The standard InChI is InChI=1S/C20H24N2O7S2/c23-30(24,18-7-8-19-20(15-18)29-14-13-28-19)21-9-12-27-16-3-5-17(6-4-16)31(25,26)22-10-1-2-11-22/h3-8,15,21H,1-2,9-14H2. The Morgan fingerprint density at radius 3 is 2.23 bits per heavy atom. The second-order valence-electron chi connectivity index (χ2n) is 7.13. The van der Waals surface area contributed by atoms with Gasteiger partial charge >= 0.3 is 0 Å². The van der Waals surface area contributed by atoms with Crippen molar-refractivity contribution in [2.45, 2.75) is 22.6 Å². The van der Waals surface area contributed by atoms with E-state index in [-0.39, 0.29) is 22.9 Å². The van der Waals surface area contributed by atoms with Gasteiger partial charge in [0.25, 0.3) is 0 Å². The summed E-state index contributed by atoms with van der Waals surface area (Å²) in [5.74, 6) is 1.37. The maximum absolute atomic E-state index is 12.5. The maximum Gasteiger partial charge on any atom is 0.243 e. The van der Waals surface area contributed by atoms with Gasteiger partial charge in [-0.15, -0.1) is 0 Å². The van der Waals surface area contributed by atoms with E-state index in [0.717, 1.165) is 12.8 Å². The average Bonchev–Trinajstić information content (AvgIpc) is 3.33. The first kappa shape index (κ1) is 21.9. The number of rotatable bonds is 8. The van der Waals surface area contributed by atoms with Gasteiger partial charge in [0.05, 0.1) is 9.79 Å². The van der Waals surface area contributed by atoms with Crippen LogP contribution in [-0.2, 0) is 20.0 Å². The molecule has 1 saturated heterocycles. The zero-order chi connectivity index (χ0) is 21.9. The first-order valence-electron chi connectivity index (χ1n) is 9.99. The highest BCUT2D eigenvalue weighted by molar-refractivity contribution is 7.89. The van der Waals surface area contributed by atoms with Gasteiger partial charge in [0.15, 0.2) is 11.5 Å². The Morgan fingerprint density at radius 1 is 0.871 bits per heavy atom. The quantitative estimate of drug-likeness (QED) is 0.586. The predicted molar refractivity (Wildman–Crippen MR) is 113 cm³/mol. The molecule has 11 heteroatoms. The molecule has 0 unspecified atom stereocenters. The topological polar surface area (TPSA) is 111 Å². The molecule has 0 spiro atoms. The van der Waals surface area contributed by atoms with E-state index in [1.54, 1.807) is 18.2 Å². The van der Waals surface area contributed by atoms with E-state index in [1.165, 1.54) is 28.6 Å². The number of nitrogens with zero attached hydrogens (tertiary/aromatic N) is 1. The fraction of sp³-hybridized carbons (Fsp3) is 0.400. The third kappa shape index (κ3) is 4.95. The molecule has 168 valence electrons. The van der Waals surface area contributed by atoms with Gasteiger partial charge in [0, 0.05) is 25.7 Å². The Kier molecular flexibility index (Phi) is 6.37. The minimum Gasteiger partial charge on any atom is -0.492 e. The lowest BCUT2D eigenvalue weighted by Gasteiger charge is -2.19. The van der Waals surface area contributed by atoms with Gasteiger partial charge in [0.1, 0.15) is 25.6 Å². The molecule has 4 rings (SSSR count). The lowest BCUT2D eigenvalue weighted by molar-refractivity contribution is 0.171. The van der Waals surface area contributed by atoms with E-state index in [1.807, 2.05) is 0 Å². The normalized spacial score (nSPS) is 16.9. The molecule has 0 aromatic heterocycles. The fourth-order valence-electron chi connectivity index (χ4n) is 3.40. The van der Waals surface area contributed by atoms with Crippen molar-refractivity contribution < 1.29 is 31.0 Å². The number of hydrogen-bond acceptors (Lipinski definition) is 7. The molecule has 0 bridgehead atoms. The number of sulfonamides is 2. The number of benzene rings is 2. The van der Waals surface area contributed by atoms with E-state index in [0.29, 0.717) is 43.6 Å². The molecule has 0 atom stereocenters. The largest absolute Gasteiger partial charge is 0.492 e. The van der Waals surface area contributed by atoms with Gasteiger partial charge in [-0.2, -0.15) is 4.31 Å². The lowest BCUT2D eigenvalue weighted by Crippen LogP contribution is -2.28. The molecule has 2 aliphatic rings. The lowest BCUT2D eigenvalue weighted by atomic mass is 10.3. The second-order valence-corrected chi connectivity index (χ2v) is 10.8. The highest BCUT2D eigenvalue weighted by Gasteiger charge is 2.27. The monoisotopic (exact) mass is 468 g/mol. The number of hydrogen-bond donors (Lipinski definition) is 1. The van der Waals surface area contributed by atoms with Crippen LogP contribution in [0.25, 0.3) is 0 Å². The first-order chi connectivity index (χ1) is 14.9. The summed E-state index contributed by atoms with van der Waals surface area (Å²) in [6.07, 6.45) is 1.76. The van der Waals surface area contributed by atoms with Gasteiger partial charge in [0.2, 0.25) is 20.0 Å². The van der Waals surface area contributed by atoms with Crippen molar-refractivity contribution in [3.05, 3.63) is 42.5 Å². The van der Waals surface area contributed by atoms with Crippen molar-refractivity contribution >= 4 is 20.0 Å². The first-order valence-corrected chi connectivity index (χ1v) is 12.9. The van der Waals surface area contributed by atoms with Crippen LogP contribution in [-0.4, -0.2) is 60.6 Å². The van der Waals surface area contributed by atoms with Gasteiger partial charge < -0.3 is 14.2 Å². The molecular formula is C20H24N2O7S2. The van der Waals surface area contributed by atoms with Gasteiger partial charge in [-0.1, -0.05) is 0 Å². The van der Waals surface area contributed by atoms with E-state index < -0.39 is 20.0 Å². The van der Waals surface area contributed by atoms with Crippen LogP contribution in [0.15, 0.2) is 52.3 Å². The Labute approximate surface area is 182 Å². The summed E-state index contributed by atoms with van der Waals surface area (Å²) >= 11 is 0. The molecular weight excluding hydrogens is 444 g/mol. The number of nitrogens with one attached hydrogen (secondary N) is 1. The molecule has 2 aliphatic heterocycles. The molecule has 0 amide bonds. The molecule has 2 aromatic carbocycles.